The highest BCUT2D eigenvalue weighted by Gasteiger charge is 2.44. The summed E-state index contributed by atoms with van der Waals surface area (Å²) in [6, 6.07) is 4.60. The standard InChI is InChI=1S/C24H32N4O6S/c1-13-19(35-12-25-13)15-7-5-14(6-8-15)17(11-29)26-21(31)18-9-16(30)10-28(18)22(32)20(24(2,3)4)27-23(33)34/h5-8,12,16-18,20,27,29-30H,9-11H2,1-4H3,(H,26,31)(H,33,34)/t16-,17?,18+,20?/m1/s1. The van der Waals surface area contributed by atoms with Gasteiger partial charge in [0.25, 0.3) is 0 Å². The number of thiazole rings is 1. The zero-order valence-corrected chi connectivity index (χ0v) is 21.0. The molecule has 1 fully saturated rings. The minimum Gasteiger partial charge on any atom is -0.465 e. The summed E-state index contributed by atoms with van der Waals surface area (Å²) in [5.74, 6) is -1.11. The normalized spacial score (nSPS) is 19.8. The first kappa shape index (κ1) is 26.6. The second-order valence-corrected chi connectivity index (χ2v) is 10.6. The van der Waals surface area contributed by atoms with E-state index in [9.17, 15) is 29.7 Å². The second-order valence-electron chi connectivity index (χ2n) is 9.78. The number of aliphatic hydroxyl groups is 2. The van der Waals surface area contributed by atoms with Gasteiger partial charge in [0.05, 0.1) is 34.8 Å². The summed E-state index contributed by atoms with van der Waals surface area (Å²) in [6.45, 7) is 6.62. The molecule has 10 nitrogen and oxygen atoms in total. The molecule has 190 valence electrons. The van der Waals surface area contributed by atoms with E-state index in [1.165, 1.54) is 16.2 Å². The van der Waals surface area contributed by atoms with Crippen molar-refractivity contribution in [2.24, 2.45) is 5.41 Å². The number of amides is 3. The predicted octanol–water partition coefficient (Wildman–Crippen LogP) is 1.91. The monoisotopic (exact) mass is 504 g/mol. The predicted molar refractivity (Wildman–Crippen MR) is 131 cm³/mol. The van der Waals surface area contributed by atoms with Crippen LogP contribution in [0.2, 0.25) is 0 Å². The molecule has 3 rings (SSSR count). The number of likely N-dealkylation sites (tertiary alicyclic amines) is 1. The Bertz CT molecular complexity index is 1060. The Morgan fingerprint density at radius 2 is 1.86 bits per heavy atom. The molecule has 2 unspecified atom stereocenters. The van der Waals surface area contributed by atoms with E-state index in [1.807, 2.05) is 31.2 Å². The molecule has 1 aromatic carbocycles. The number of rotatable bonds is 7. The van der Waals surface area contributed by atoms with Crippen molar-refractivity contribution in [3.63, 3.8) is 0 Å². The summed E-state index contributed by atoms with van der Waals surface area (Å²) < 4.78 is 0. The Morgan fingerprint density at radius 3 is 2.37 bits per heavy atom. The number of nitrogens with one attached hydrogen (secondary N) is 2. The highest BCUT2D eigenvalue weighted by molar-refractivity contribution is 7.13. The van der Waals surface area contributed by atoms with Crippen LogP contribution in [0.4, 0.5) is 4.79 Å². The molecular weight excluding hydrogens is 472 g/mol. The van der Waals surface area contributed by atoms with Gasteiger partial charge in [0.15, 0.2) is 0 Å². The number of carbonyl (C=O) groups is 3. The minimum absolute atomic E-state index is 0.0171. The molecule has 0 aliphatic carbocycles. The van der Waals surface area contributed by atoms with Crippen LogP contribution in [0.25, 0.3) is 10.4 Å². The maximum absolute atomic E-state index is 13.2. The Hall–Kier alpha value is -3.02. The number of hydrogen-bond donors (Lipinski definition) is 5. The molecule has 1 aliphatic rings. The summed E-state index contributed by atoms with van der Waals surface area (Å²) in [4.78, 5) is 44.2. The summed E-state index contributed by atoms with van der Waals surface area (Å²) in [5, 5.41) is 34.4. The topological polar surface area (TPSA) is 152 Å². The third kappa shape index (κ3) is 6.16. The molecule has 2 aromatic rings. The Morgan fingerprint density at radius 1 is 1.20 bits per heavy atom. The molecule has 5 N–H and O–H groups in total. The van der Waals surface area contributed by atoms with Crippen molar-refractivity contribution in [2.75, 3.05) is 13.2 Å². The molecule has 11 heteroatoms. The van der Waals surface area contributed by atoms with Gasteiger partial charge in [-0.2, -0.15) is 0 Å². The lowest BCUT2D eigenvalue weighted by Crippen LogP contribution is -2.57. The summed E-state index contributed by atoms with van der Waals surface area (Å²) >= 11 is 1.53. The number of carbonyl (C=O) groups excluding carboxylic acids is 2. The van der Waals surface area contributed by atoms with Crippen molar-refractivity contribution in [2.45, 2.75) is 58.3 Å². The highest BCUT2D eigenvalue weighted by atomic mass is 32.1. The average molecular weight is 505 g/mol. The van der Waals surface area contributed by atoms with E-state index in [0.717, 1.165) is 16.1 Å². The molecule has 0 saturated carbocycles. The van der Waals surface area contributed by atoms with Gasteiger partial charge >= 0.3 is 6.09 Å². The lowest BCUT2D eigenvalue weighted by atomic mass is 9.85. The molecular formula is C24H32N4O6S. The van der Waals surface area contributed by atoms with Crippen molar-refractivity contribution in [3.8, 4) is 10.4 Å². The average Bonchev–Trinajstić information content (AvgIpc) is 3.40. The molecule has 0 bridgehead atoms. The van der Waals surface area contributed by atoms with Gasteiger partial charge in [0.1, 0.15) is 12.1 Å². The quantitative estimate of drug-likeness (QED) is 0.386. The number of nitrogens with zero attached hydrogens (tertiary/aromatic N) is 2. The largest absolute Gasteiger partial charge is 0.465 e. The first-order valence-electron chi connectivity index (χ1n) is 11.3. The van der Waals surface area contributed by atoms with E-state index >= 15 is 0 Å². The smallest absolute Gasteiger partial charge is 0.405 e. The molecule has 1 saturated heterocycles. The number of hydrogen-bond acceptors (Lipinski definition) is 7. The van der Waals surface area contributed by atoms with Gasteiger partial charge < -0.3 is 30.9 Å². The van der Waals surface area contributed by atoms with Crippen molar-refractivity contribution in [1.82, 2.24) is 20.5 Å². The van der Waals surface area contributed by atoms with E-state index < -0.39 is 47.6 Å². The van der Waals surface area contributed by atoms with E-state index in [0.29, 0.717) is 5.56 Å². The molecule has 4 atom stereocenters. The van der Waals surface area contributed by atoms with Crippen LogP contribution in [-0.4, -0.2) is 74.5 Å². The van der Waals surface area contributed by atoms with E-state index in [-0.39, 0.29) is 19.6 Å². The third-order valence-corrected chi connectivity index (χ3v) is 7.04. The minimum atomic E-state index is -1.35. The zero-order valence-electron chi connectivity index (χ0n) is 20.2. The lowest BCUT2D eigenvalue weighted by Gasteiger charge is -2.35. The van der Waals surface area contributed by atoms with Crippen molar-refractivity contribution in [1.29, 1.82) is 0 Å². The number of carboxylic acid groups (broad SMARTS) is 1. The fourth-order valence-corrected chi connectivity index (χ4v) is 5.00. The van der Waals surface area contributed by atoms with Crippen molar-refractivity contribution < 1.29 is 29.7 Å². The van der Waals surface area contributed by atoms with Gasteiger partial charge in [-0.1, -0.05) is 45.0 Å². The Labute approximate surface area is 208 Å². The first-order valence-corrected chi connectivity index (χ1v) is 12.2. The van der Waals surface area contributed by atoms with Crippen LogP contribution in [0.5, 0.6) is 0 Å². The summed E-state index contributed by atoms with van der Waals surface area (Å²) in [6.07, 6.45) is -2.26. The molecule has 3 amide bonds. The summed E-state index contributed by atoms with van der Waals surface area (Å²) in [7, 11) is 0. The van der Waals surface area contributed by atoms with E-state index in [2.05, 4.69) is 15.6 Å². The molecule has 1 aromatic heterocycles. The Balaban J connectivity index is 1.76. The SMILES string of the molecule is Cc1ncsc1-c1ccc(C(CO)NC(=O)[C@@H]2C[C@@H](O)CN2C(=O)C(NC(=O)O)C(C)(C)C)cc1. The molecule has 0 spiro atoms. The van der Waals surface area contributed by atoms with Crippen LogP contribution in [0.15, 0.2) is 29.8 Å². The van der Waals surface area contributed by atoms with Gasteiger partial charge in [-0.05, 0) is 23.5 Å². The van der Waals surface area contributed by atoms with Crippen LogP contribution in [0, 0.1) is 12.3 Å². The highest BCUT2D eigenvalue weighted by Crippen LogP contribution is 2.29. The number of benzene rings is 1. The van der Waals surface area contributed by atoms with Gasteiger partial charge in [-0.15, -0.1) is 11.3 Å². The number of aryl methyl sites for hydroxylation is 1. The van der Waals surface area contributed by atoms with Gasteiger partial charge in [0, 0.05) is 13.0 Å². The molecule has 35 heavy (non-hydrogen) atoms. The van der Waals surface area contributed by atoms with E-state index in [4.69, 9.17) is 0 Å². The van der Waals surface area contributed by atoms with E-state index in [1.54, 1.807) is 26.3 Å². The van der Waals surface area contributed by atoms with Crippen LogP contribution >= 0.6 is 11.3 Å². The van der Waals surface area contributed by atoms with Gasteiger partial charge in [0.2, 0.25) is 11.8 Å². The van der Waals surface area contributed by atoms with Crippen LogP contribution in [-0.2, 0) is 9.59 Å². The number of aliphatic hydroxyl groups excluding tert-OH is 2. The van der Waals surface area contributed by atoms with Crippen molar-refractivity contribution in [3.05, 3.63) is 41.0 Å². The fourth-order valence-electron chi connectivity index (χ4n) is 4.19. The molecule has 1 aliphatic heterocycles. The van der Waals surface area contributed by atoms with Gasteiger partial charge in [-0.3, -0.25) is 9.59 Å². The fraction of sp³-hybridized carbons (Fsp3) is 0.500. The van der Waals surface area contributed by atoms with Crippen LogP contribution < -0.4 is 10.6 Å². The lowest BCUT2D eigenvalue weighted by molar-refractivity contribution is -0.142. The van der Waals surface area contributed by atoms with Gasteiger partial charge in [-0.25, -0.2) is 9.78 Å². The van der Waals surface area contributed by atoms with Crippen molar-refractivity contribution >= 4 is 29.2 Å². The molecule has 2 heterocycles. The first-order chi connectivity index (χ1) is 16.4. The molecule has 0 radical (unpaired) electrons. The maximum atomic E-state index is 13.2. The summed E-state index contributed by atoms with van der Waals surface area (Å²) in [5.41, 5.74) is 3.60. The van der Waals surface area contributed by atoms with Crippen LogP contribution in [0.3, 0.4) is 0 Å². The number of β-amino-alcohol motifs (C(OH)–C–C–N with tert-alkyl or cyclic N) is 1. The number of aromatic nitrogens is 1. The second kappa shape index (κ2) is 10.7. The zero-order chi connectivity index (χ0) is 25.9. The Kier molecular flexibility index (Phi) is 8.14. The third-order valence-electron chi connectivity index (χ3n) is 6.07. The maximum Gasteiger partial charge on any atom is 0.405 e. The van der Waals surface area contributed by atoms with Crippen LogP contribution in [0.1, 0.15) is 44.5 Å².